The molecule has 2 atom stereocenters. The van der Waals surface area contributed by atoms with Crippen LogP contribution in [0.1, 0.15) is 31.7 Å². The number of rotatable bonds is 5. The van der Waals surface area contributed by atoms with Gasteiger partial charge in [0.15, 0.2) is 11.5 Å². The zero-order valence-electron chi connectivity index (χ0n) is 19.0. The number of nitrogen functional groups attached to an aromatic ring is 1. The van der Waals surface area contributed by atoms with E-state index >= 15 is 0 Å². The first kappa shape index (κ1) is 23.5. The van der Waals surface area contributed by atoms with Gasteiger partial charge >= 0.3 is 6.18 Å². The maximum atomic E-state index is 14.2. The molecule has 1 aliphatic rings. The Morgan fingerprint density at radius 2 is 1.78 bits per heavy atom. The van der Waals surface area contributed by atoms with E-state index in [1.54, 1.807) is 25.1 Å². The van der Waals surface area contributed by atoms with Crippen molar-refractivity contribution < 1.29 is 22.4 Å². The number of hydrogen-bond donors (Lipinski definition) is 2. The number of nitrogens with two attached hydrogens (primary N) is 1. The van der Waals surface area contributed by atoms with Crippen LogP contribution < -0.4 is 11.1 Å². The number of alkyl halides is 4. The minimum Gasteiger partial charge on any atom is -0.383 e. The van der Waals surface area contributed by atoms with E-state index in [0.717, 1.165) is 0 Å². The van der Waals surface area contributed by atoms with Gasteiger partial charge < -0.3 is 11.1 Å². The second-order valence-electron chi connectivity index (χ2n) is 8.70. The van der Waals surface area contributed by atoms with E-state index < -0.39 is 36.1 Å². The molecule has 0 fully saturated rings. The van der Waals surface area contributed by atoms with E-state index in [2.05, 4.69) is 35.3 Å². The number of nitrogens with zero attached hydrogens (tertiary/aromatic N) is 7. The van der Waals surface area contributed by atoms with Crippen LogP contribution in [0.15, 0.2) is 36.8 Å². The molecule has 5 rings (SSSR count). The molecule has 3 N–H and O–H groups in total. The number of fused-ring (bicyclic) bond motifs is 2. The minimum absolute atomic E-state index is 0.0142. The summed E-state index contributed by atoms with van der Waals surface area (Å²) in [6.07, 6.45) is -1.47. The molecule has 0 saturated carbocycles. The largest absolute Gasteiger partial charge is 0.422 e. The molecule has 186 valence electrons. The predicted molar refractivity (Wildman–Crippen MR) is 120 cm³/mol. The van der Waals surface area contributed by atoms with Crippen molar-refractivity contribution in [3.63, 3.8) is 0 Å². The van der Waals surface area contributed by atoms with Crippen molar-refractivity contribution in [2.24, 2.45) is 0 Å². The number of amides is 1. The fourth-order valence-corrected chi connectivity index (χ4v) is 4.07. The van der Waals surface area contributed by atoms with Crippen LogP contribution in [0.25, 0.3) is 22.6 Å². The Bertz CT molecular complexity index is 1490. The highest BCUT2D eigenvalue weighted by Crippen LogP contribution is 2.44. The van der Waals surface area contributed by atoms with Crippen LogP contribution in [-0.4, -0.2) is 52.5 Å². The molecule has 10 nitrogen and oxygen atoms in total. The first-order chi connectivity index (χ1) is 16.9. The van der Waals surface area contributed by atoms with Gasteiger partial charge in [-0.15, -0.1) is 0 Å². The maximum absolute atomic E-state index is 14.2. The summed E-state index contributed by atoms with van der Waals surface area (Å²) in [6, 6.07) is 4.85. The van der Waals surface area contributed by atoms with Crippen LogP contribution in [0.5, 0.6) is 0 Å². The van der Waals surface area contributed by atoms with Crippen LogP contribution >= 0.6 is 0 Å². The lowest BCUT2D eigenvalue weighted by Gasteiger charge is -2.23. The molecule has 36 heavy (non-hydrogen) atoms. The van der Waals surface area contributed by atoms with Gasteiger partial charge in [-0.05, 0) is 32.0 Å². The Morgan fingerprint density at radius 3 is 2.47 bits per heavy atom. The van der Waals surface area contributed by atoms with Gasteiger partial charge in [-0.1, -0.05) is 0 Å². The first-order valence-corrected chi connectivity index (χ1v) is 10.8. The second-order valence-corrected chi connectivity index (χ2v) is 8.70. The normalized spacial score (nSPS) is 19.2. The molecule has 4 aromatic heterocycles. The summed E-state index contributed by atoms with van der Waals surface area (Å²) in [4.78, 5) is 34.3. The maximum Gasteiger partial charge on any atom is 0.422 e. The molecule has 4 aromatic rings. The van der Waals surface area contributed by atoms with E-state index in [0.29, 0.717) is 17.9 Å². The van der Waals surface area contributed by atoms with Gasteiger partial charge in [-0.3, -0.25) is 4.79 Å². The fourth-order valence-electron chi connectivity index (χ4n) is 4.07. The second kappa shape index (κ2) is 7.90. The van der Waals surface area contributed by atoms with Crippen LogP contribution in [0.3, 0.4) is 0 Å². The lowest BCUT2D eigenvalue weighted by atomic mass is 9.83. The van der Waals surface area contributed by atoms with Crippen LogP contribution in [0, 0.1) is 0 Å². The number of aryl methyl sites for hydroxylation is 1. The van der Waals surface area contributed by atoms with E-state index in [9.17, 15) is 22.4 Å². The van der Waals surface area contributed by atoms with Gasteiger partial charge in [0.1, 0.15) is 28.6 Å². The molecule has 1 aliphatic heterocycles. The molecule has 0 spiro atoms. The molecular weight excluding hydrogens is 482 g/mol. The summed E-state index contributed by atoms with van der Waals surface area (Å²) < 4.78 is 54.4. The number of carbonyl (C=O) groups is 1. The number of anilines is 2. The molecule has 2 unspecified atom stereocenters. The van der Waals surface area contributed by atoms with Gasteiger partial charge in [0, 0.05) is 31.6 Å². The number of pyridine rings is 1. The first-order valence-electron chi connectivity index (χ1n) is 10.8. The SMILES string of the molecule is CC1(c2ncccn2)C(=O)Nc2nc(-c3nn(CCC(C)(F)C(F)(F)F)c4ncccc34)nc(N)c21. The summed E-state index contributed by atoms with van der Waals surface area (Å²) in [6.45, 7) is 1.68. The van der Waals surface area contributed by atoms with Crippen molar-refractivity contribution in [1.29, 1.82) is 0 Å². The third-order valence-corrected chi connectivity index (χ3v) is 6.24. The van der Waals surface area contributed by atoms with Gasteiger partial charge in [0.2, 0.25) is 11.6 Å². The van der Waals surface area contributed by atoms with Crippen LogP contribution in [-0.2, 0) is 16.8 Å². The van der Waals surface area contributed by atoms with Gasteiger partial charge in [0.05, 0.1) is 10.9 Å². The van der Waals surface area contributed by atoms with Crippen LogP contribution in [0.2, 0.25) is 0 Å². The third-order valence-electron chi connectivity index (χ3n) is 6.24. The molecule has 1 amide bonds. The molecule has 14 heteroatoms. The molecule has 0 aromatic carbocycles. The van der Waals surface area contributed by atoms with E-state index in [4.69, 9.17) is 5.73 Å². The zero-order chi connectivity index (χ0) is 25.9. The van der Waals surface area contributed by atoms with E-state index in [1.165, 1.54) is 23.3 Å². The molecule has 0 bridgehead atoms. The van der Waals surface area contributed by atoms with Crippen molar-refractivity contribution in [3.05, 3.63) is 48.2 Å². The highest BCUT2D eigenvalue weighted by atomic mass is 19.4. The number of hydrogen-bond acceptors (Lipinski definition) is 8. The van der Waals surface area contributed by atoms with Crippen LogP contribution in [0.4, 0.5) is 29.2 Å². The fraction of sp³-hybridized carbons (Fsp3) is 0.318. The number of aromatic nitrogens is 7. The molecule has 0 radical (unpaired) electrons. The Kier molecular flexibility index (Phi) is 5.16. The lowest BCUT2D eigenvalue weighted by molar-refractivity contribution is -0.226. The average Bonchev–Trinajstić information content (AvgIpc) is 3.33. The van der Waals surface area contributed by atoms with Crippen molar-refractivity contribution in [1.82, 2.24) is 34.7 Å². The third kappa shape index (κ3) is 3.51. The summed E-state index contributed by atoms with van der Waals surface area (Å²) in [5.74, 6) is -0.114. The van der Waals surface area contributed by atoms with Gasteiger partial charge in [-0.2, -0.15) is 18.3 Å². The molecule has 0 aliphatic carbocycles. The van der Waals surface area contributed by atoms with E-state index in [-0.39, 0.29) is 34.6 Å². The molecular formula is C22H19F4N9O. The van der Waals surface area contributed by atoms with Crippen molar-refractivity contribution in [2.75, 3.05) is 11.1 Å². The smallest absolute Gasteiger partial charge is 0.383 e. The van der Waals surface area contributed by atoms with Gasteiger partial charge in [0.25, 0.3) is 0 Å². The lowest BCUT2D eigenvalue weighted by Crippen LogP contribution is -2.38. The minimum atomic E-state index is -5.03. The van der Waals surface area contributed by atoms with Gasteiger partial charge in [-0.25, -0.2) is 34.0 Å². The Hall–Kier alpha value is -4.23. The molecule has 0 saturated heterocycles. The highest BCUT2D eigenvalue weighted by Gasteiger charge is 2.52. The van der Waals surface area contributed by atoms with Crippen molar-refractivity contribution in [3.8, 4) is 11.5 Å². The quantitative estimate of drug-likeness (QED) is 0.398. The average molecular weight is 501 g/mol. The Morgan fingerprint density at radius 1 is 1.08 bits per heavy atom. The summed E-state index contributed by atoms with van der Waals surface area (Å²) >= 11 is 0. The Balaban J connectivity index is 1.58. The summed E-state index contributed by atoms with van der Waals surface area (Å²) in [7, 11) is 0. The summed E-state index contributed by atoms with van der Waals surface area (Å²) in [5, 5.41) is 7.43. The monoisotopic (exact) mass is 501 g/mol. The standard InChI is InChI=1S/C22H19F4N9O/c1-20(23,22(24,25)26)6-10-35-17-11(5-3-7-28-17)13(34-35)16-31-14(27)12-15(32-16)33-19(36)21(12,2)18-29-8-4-9-30-18/h3-5,7-9H,6,10H2,1-2H3,(H3,27,31,32,33,36). The van der Waals surface area contributed by atoms with Crippen molar-refractivity contribution in [2.45, 2.75) is 44.1 Å². The number of nitrogens with one attached hydrogen (secondary N) is 1. The molecule has 5 heterocycles. The predicted octanol–water partition coefficient (Wildman–Crippen LogP) is 3.20. The van der Waals surface area contributed by atoms with E-state index in [1.807, 2.05) is 0 Å². The topological polar surface area (TPSA) is 137 Å². The number of halogens is 4. The van der Waals surface area contributed by atoms with Crippen molar-refractivity contribution >= 4 is 28.6 Å². The summed E-state index contributed by atoms with van der Waals surface area (Å²) in [5.41, 5.74) is 2.20. The zero-order valence-corrected chi connectivity index (χ0v) is 19.0. The Labute approximate surface area is 201 Å². The number of carbonyl (C=O) groups excluding carboxylic acids is 1. The highest BCUT2D eigenvalue weighted by molar-refractivity contribution is 6.08.